The first-order valence-electron chi connectivity index (χ1n) is 4.49. The number of rotatable bonds is 0. The Hall–Kier alpha value is -1.04. The summed E-state index contributed by atoms with van der Waals surface area (Å²) in [6.07, 6.45) is 12.5. The van der Waals surface area contributed by atoms with Gasteiger partial charge in [0.15, 0.2) is 0 Å². The first-order chi connectivity index (χ1) is 5.75. The Bertz CT molecular complexity index is 311. The van der Waals surface area contributed by atoms with Gasteiger partial charge in [0.25, 0.3) is 0 Å². The molecule has 0 amide bonds. The zero-order chi connectivity index (χ0) is 8.55. The van der Waals surface area contributed by atoms with Crippen LogP contribution in [0.4, 0.5) is 0 Å². The zero-order valence-corrected chi connectivity index (χ0v) is 7.67. The van der Waals surface area contributed by atoms with E-state index in [9.17, 15) is 0 Å². The third-order valence-corrected chi connectivity index (χ3v) is 2.52. The van der Waals surface area contributed by atoms with E-state index in [-0.39, 0.29) is 0 Å². The number of allylic oxidation sites excluding steroid dienone is 8. The summed E-state index contributed by atoms with van der Waals surface area (Å²) < 4.78 is 0. The van der Waals surface area contributed by atoms with E-state index in [1.54, 1.807) is 0 Å². The highest BCUT2D eigenvalue weighted by atomic mass is 14.2. The lowest BCUT2D eigenvalue weighted by Crippen LogP contribution is -2.06. The first-order valence-corrected chi connectivity index (χ1v) is 4.49. The first kappa shape index (κ1) is 7.60. The summed E-state index contributed by atoms with van der Waals surface area (Å²) in [6.45, 7) is 4.35. The van der Waals surface area contributed by atoms with Gasteiger partial charge in [-0.05, 0) is 25.8 Å². The van der Waals surface area contributed by atoms with Gasteiger partial charge in [0.2, 0.25) is 0 Å². The van der Waals surface area contributed by atoms with Gasteiger partial charge in [0.1, 0.15) is 0 Å². The molecule has 0 saturated carbocycles. The second-order valence-corrected chi connectivity index (χ2v) is 3.74. The highest BCUT2D eigenvalue weighted by Gasteiger charge is 2.15. The molecule has 0 aromatic rings. The summed E-state index contributed by atoms with van der Waals surface area (Å²) in [5.74, 6) is 0.652. The summed E-state index contributed by atoms with van der Waals surface area (Å²) in [4.78, 5) is 0. The Labute approximate surface area is 74.0 Å². The van der Waals surface area contributed by atoms with E-state index >= 15 is 0 Å². The SMILES string of the molecule is CC1=CC2=CC=C(C)CC2C=C1. The quantitative estimate of drug-likeness (QED) is 0.507. The average molecular weight is 158 g/mol. The molecule has 0 spiro atoms. The third-order valence-electron chi connectivity index (χ3n) is 2.52. The second-order valence-electron chi connectivity index (χ2n) is 3.74. The lowest BCUT2D eigenvalue weighted by Gasteiger charge is -2.21. The standard InChI is InChI=1S/C12H14/c1-9-3-5-12-8-10(2)4-6-11(12)7-9/h3-7,12H,8H2,1-2H3. The monoisotopic (exact) mass is 158 g/mol. The maximum absolute atomic E-state index is 2.32. The summed E-state index contributed by atoms with van der Waals surface area (Å²) in [6, 6.07) is 0. The maximum Gasteiger partial charge on any atom is 0.00584 e. The molecular weight excluding hydrogens is 144 g/mol. The van der Waals surface area contributed by atoms with Gasteiger partial charge < -0.3 is 0 Å². The average Bonchev–Trinajstić information content (AvgIpc) is 2.05. The van der Waals surface area contributed by atoms with Gasteiger partial charge in [0.05, 0.1) is 0 Å². The minimum Gasteiger partial charge on any atom is -0.0764 e. The normalized spacial score (nSPS) is 27.2. The van der Waals surface area contributed by atoms with Crippen molar-refractivity contribution in [3.63, 3.8) is 0 Å². The molecule has 0 heteroatoms. The van der Waals surface area contributed by atoms with E-state index in [2.05, 4.69) is 44.2 Å². The van der Waals surface area contributed by atoms with Crippen LogP contribution in [0.2, 0.25) is 0 Å². The van der Waals surface area contributed by atoms with Crippen molar-refractivity contribution in [1.82, 2.24) is 0 Å². The van der Waals surface area contributed by atoms with Crippen molar-refractivity contribution in [3.8, 4) is 0 Å². The van der Waals surface area contributed by atoms with Crippen LogP contribution in [0.3, 0.4) is 0 Å². The molecule has 0 aliphatic heterocycles. The number of hydrogen-bond donors (Lipinski definition) is 0. The van der Waals surface area contributed by atoms with Gasteiger partial charge >= 0.3 is 0 Å². The molecule has 2 rings (SSSR count). The molecule has 0 fully saturated rings. The summed E-state index contributed by atoms with van der Waals surface area (Å²) in [5, 5.41) is 0. The molecule has 1 atom stereocenters. The van der Waals surface area contributed by atoms with Crippen LogP contribution in [0.15, 0.2) is 47.1 Å². The molecule has 62 valence electrons. The van der Waals surface area contributed by atoms with Crippen LogP contribution in [0.5, 0.6) is 0 Å². The molecule has 0 aromatic heterocycles. The highest BCUT2D eigenvalue weighted by Crippen LogP contribution is 2.30. The van der Waals surface area contributed by atoms with Crippen molar-refractivity contribution in [2.24, 2.45) is 5.92 Å². The topological polar surface area (TPSA) is 0 Å². The predicted molar refractivity (Wildman–Crippen MR) is 52.8 cm³/mol. The van der Waals surface area contributed by atoms with E-state index in [0.717, 1.165) is 0 Å². The Balaban J connectivity index is 2.35. The van der Waals surface area contributed by atoms with Gasteiger partial charge in [0, 0.05) is 5.92 Å². The molecule has 12 heavy (non-hydrogen) atoms. The highest BCUT2D eigenvalue weighted by molar-refractivity contribution is 5.43. The van der Waals surface area contributed by atoms with Crippen molar-refractivity contribution in [3.05, 3.63) is 47.1 Å². The van der Waals surface area contributed by atoms with Crippen LogP contribution < -0.4 is 0 Å². The van der Waals surface area contributed by atoms with Crippen molar-refractivity contribution >= 4 is 0 Å². The second kappa shape index (κ2) is 2.78. The van der Waals surface area contributed by atoms with E-state index in [1.165, 1.54) is 23.1 Å². The van der Waals surface area contributed by atoms with E-state index in [1.807, 2.05) is 0 Å². The van der Waals surface area contributed by atoms with Crippen LogP contribution in [0.25, 0.3) is 0 Å². The van der Waals surface area contributed by atoms with Crippen LogP contribution in [0.1, 0.15) is 20.3 Å². The molecule has 0 nitrogen and oxygen atoms in total. The van der Waals surface area contributed by atoms with Crippen molar-refractivity contribution in [2.75, 3.05) is 0 Å². The van der Waals surface area contributed by atoms with Crippen LogP contribution in [-0.2, 0) is 0 Å². The summed E-state index contributed by atoms with van der Waals surface area (Å²) in [7, 11) is 0. The molecule has 0 N–H and O–H groups in total. The fourth-order valence-corrected chi connectivity index (χ4v) is 1.81. The molecule has 0 aromatic carbocycles. The molecule has 0 bridgehead atoms. The molecule has 0 heterocycles. The molecule has 0 radical (unpaired) electrons. The Morgan fingerprint density at radius 3 is 2.92 bits per heavy atom. The van der Waals surface area contributed by atoms with Gasteiger partial charge in [-0.3, -0.25) is 0 Å². The fraction of sp³-hybridized carbons (Fsp3) is 0.333. The van der Waals surface area contributed by atoms with Crippen molar-refractivity contribution in [1.29, 1.82) is 0 Å². The Kier molecular flexibility index (Phi) is 1.76. The van der Waals surface area contributed by atoms with Gasteiger partial charge in [-0.25, -0.2) is 0 Å². The fourth-order valence-electron chi connectivity index (χ4n) is 1.81. The summed E-state index contributed by atoms with van der Waals surface area (Å²) in [5.41, 5.74) is 4.33. The van der Waals surface area contributed by atoms with E-state index < -0.39 is 0 Å². The smallest absolute Gasteiger partial charge is 0.00584 e. The Morgan fingerprint density at radius 2 is 2.08 bits per heavy atom. The minimum atomic E-state index is 0.652. The van der Waals surface area contributed by atoms with E-state index in [4.69, 9.17) is 0 Å². The minimum absolute atomic E-state index is 0.652. The Morgan fingerprint density at radius 1 is 1.25 bits per heavy atom. The third kappa shape index (κ3) is 1.29. The predicted octanol–water partition coefficient (Wildman–Crippen LogP) is 3.40. The lowest BCUT2D eigenvalue weighted by molar-refractivity contribution is 0.743. The van der Waals surface area contributed by atoms with Crippen molar-refractivity contribution in [2.45, 2.75) is 20.3 Å². The zero-order valence-electron chi connectivity index (χ0n) is 7.67. The lowest BCUT2D eigenvalue weighted by atomic mass is 9.83. The molecule has 1 unspecified atom stereocenters. The van der Waals surface area contributed by atoms with Crippen LogP contribution in [0, 0.1) is 5.92 Å². The van der Waals surface area contributed by atoms with Crippen molar-refractivity contribution < 1.29 is 0 Å². The number of fused-ring (bicyclic) bond motifs is 1. The molecule has 2 aliphatic carbocycles. The molecule has 2 aliphatic rings. The van der Waals surface area contributed by atoms with Gasteiger partial charge in [-0.15, -0.1) is 0 Å². The maximum atomic E-state index is 2.32. The number of hydrogen-bond acceptors (Lipinski definition) is 0. The summed E-state index contributed by atoms with van der Waals surface area (Å²) >= 11 is 0. The van der Waals surface area contributed by atoms with Gasteiger partial charge in [-0.1, -0.05) is 41.5 Å². The molecule has 0 saturated heterocycles. The van der Waals surface area contributed by atoms with E-state index in [0.29, 0.717) is 5.92 Å². The van der Waals surface area contributed by atoms with Crippen LogP contribution >= 0.6 is 0 Å². The van der Waals surface area contributed by atoms with Crippen LogP contribution in [-0.4, -0.2) is 0 Å². The largest absolute Gasteiger partial charge is 0.0764 e. The molecular formula is C12H14. The van der Waals surface area contributed by atoms with Gasteiger partial charge in [-0.2, -0.15) is 0 Å².